The Balaban J connectivity index is 2.06. The van der Waals surface area contributed by atoms with Crippen LogP contribution in [0.1, 0.15) is 25.3 Å². The molecule has 1 fully saturated rings. The molecule has 1 aromatic rings. The van der Waals surface area contributed by atoms with E-state index in [4.69, 9.17) is 14.2 Å². The number of piperidine rings is 1. The van der Waals surface area contributed by atoms with Gasteiger partial charge in [0, 0.05) is 18.7 Å². The zero-order valence-electron chi connectivity index (χ0n) is 13.6. The Bertz CT molecular complexity index is 503. The predicted octanol–water partition coefficient (Wildman–Crippen LogP) is 2.48. The summed E-state index contributed by atoms with van der Waals surface area (Å²) in [6.07, 6.45) is 1.92. The first-order valence-electron chi connectivity index (χ1n) is 7.78. The molecule has 0 radical (unpaired) electrons. The lowest BCUT2D eigenvalue weighted by Gasteiger charge is -2.31. The van der Waals surface area contributed by atoms with Crippen LogP contribution in [0.5, 0.6) is 11.5 Å². The van der Waals surface area contributed by atoms with Crippen LogP contribution in [0.3, 0.4) is 0 Å². The third kappa shape index (κ3) is 3.91. The average Bonchev–Trinajstić information content (AvgIpc) is 2.55. The van der Waals surface area contributed by atoms with Crippen LogP contribution < -0.4 is 9.47 Å². The summed E-state index contributed by atoms with van der Waals surface area (Å²) >= 11 is 0. The summed E-state index contributed by atoms with van der Waals surface area (Å²) in [5.41, 5.74) is 1.08. The molecule has 0 N–H and O–H groups in total. The van der Waals surface area contributed by atoms with Crippen molar-refractivity contribution in [3.63, 3.8) is 0 Å². The number of carbonyl (C=O) groups excluding carboxylic acids is 1. The largest absolute Gasteiger partial charge is 0.493 e. The molecule has 1 aromatic carbocycles. The van der Waals surface area contributed by atoms with Crippen LogP contribution in [0.15, 0.2) is 18.2 Å². The molecule has 0 spiro atoms. The smallest absolute Gasteiger partial charge is 0.310 e. The van der Waals surface area contributed by atoms with Gasteiger partial charge in [0.2, 0.25) is 0 Å². The van der Waals surface area contributed by atoms with E-state index in [0.717, 1.165) is 49.5 Å². The van der Waals surface area contributed by atoms with Crippen molar-refractivity contribution in [1.29, 1.82) is 0 Å². The number of nitrogens with zero attached hydrogens (tertiary/aromatic N) is 1. The average molecular weight is 307 g/mol. The Hall–Kier alpha value is -1.75. The van der Waals surface area contributed by atoms with Gasteiger partial charge in [-0.2, -0.15) is 0 Å². The summed E-state index contributed by atoms with van der Waals surface area (Å²) in [6.45, 7) is 4.75. The Morgan fingerprint density at radius 2 is 2.14 bits per heavy atom. The van der Waals surface area contributed by atoms with Crippen molar-refractivity contribution in [2.75, 3.05) is 33.9 Å². The second-order valence-electron chi connectivity index (χ2n) is 5.48. The topological polar surface area (TPSA) is 48.0 Å². The summed E-state index contributed by atoms with van der Waals surface area (Å²) in [5.74, 6) is 1.40. The Kier molecular flexibility index (Phi) is 6.07. The summed E-state index contributed by atoms with van der Waals surface area (Å²) in [5, 5.41) is 0. The maximum Gasteiger partial charge on any atom is 0.310 e. The van der Waals surface area contributed by atoms with Crippen molar-refractivity contribution in [1.82, 2.24) is 4.90 Å². The molecule has 1 atom stereocenters. The Morgan fingerprint density at radius 3 is 2.82 bits per heavy atom. The summed E-state index contributed by atoms with van der Waals surface area (Å²) < 4.78 is 16.0. The minimum Gasteiger partial charge on any atom is -0.493 e. The van der Waals surface area contributed by atoms with E-state index in [1.807, 2.05) is 25.1 Å². The molecule has 0 amide bonds. The van der Waals surface area contributed by atoms with Crippen molar-refractivity contribution in [2.24, 2.45) is 5.92 Å². The van der Waals surface area contributed by atoms with Gasteiger partial charge in [-0.25, -0.2) is 0 Å². The molecular weight excluding hydrogens is 282 g/mol. The molecule has 0 aromatic heterocycles. The van der Waals surface area contributed by atoms with Crippen LogP contribution in [0, 0.1) is 5.92 Å². The Morgan fingerprint density at radius 1 is 1.32 bits per heavy atom. The molecule has 122 valence electrons. The van der Waals surface area contributed by atoms with E-state index in [1.54, 1.807) is 14.2 Å². The number of hydrogen-bond donors (Lipinski definition) is 0. The van der Waals surface area contributed by atoms with Crippen LogP contribution in [0.25, 0.3) is 0 Å². The quantitative estimate of drug-likeness (QED) is 0.756. The highest BCUT2D eigenvalue weighted by Gasteiger charge is 2.27. The molecule has 22 heavy (non-hydrogen) atoms. The maximum atomic E-state index is 11.9. The van der Waals surface area contributed by atoms with E-state index in [2.05, 4.69) is 4.90 Å². The number of methoxy groups -OCH3 is 2. The number of benzene rings is 1. The van der Waals surface area contributed by atoms with Gasteiger partial charge in [-0.3, -0.25) is 9.69 Å². The van der Waals surface area contributed by atoms with Crippen LogP contribution in [0.2, 0.25) is 0 Å². The minimum atomic E-state index is -0.0789. The van der Waals surface area contributed by atoms with E-state index < -0.39 is 0 Å². The van der Waals surface area contributed by atoms with E-state index in [-0.39, 0.29) is 11.9 Å². The van der Waals surface area contributed by atoms with Crippen molar-refractivity contribution >= 4 is 5.97 Å². The minimum absolute atomic E-state index is 0.0229. The summed E-state index contributed by atoms with van der Waals surface area (Å²) in [6, 6.07) is 5.89. The molecule has 1 saturated heterocycles. The van der Waals surface area contributed by atoms with Gasteiger partial charge < -0.3 is 14.2 Å². The van der Waals surface area contributed by atoms with E-state index >= 15 is 0 Å². The molecule has 1 aliphatic heterocycles. The SMILES string of the molecule is CCOC(=O)C1CCCN(Cc2cccc(OC)c2OC)C1. The molecule has 1 unspecified atom stereocenters. The number of esters is 1. The van der Waals surface area contributed by atoms with Crippen molar-refractivity contribution in [3.8, 4) is 11.5 Å². The van der Waals surface area contributed by atoms with Crippen LogP contribution in [-0.4, -0.2) is 44.8 Å². The number of hydrogen-bond acceptors (Lipinski definition) is 5. The number of likely N-dealkylation sites (tertiary alicyclic amines) is 1. The van der Waals surface area contributed by atoms with Crippen molar-refractivity contribution < 1.29 is 19.0 Å². The summed E-state index contributed by atoms with van der Waals surface area (Å²) in [4.78, 5) is 14.2. The van der Waals surface area contributed by atoms with Gasteiger partial charge in [-0.1, -0.05) is 12.1 Å². The number of ether oxygens (including phenoxy) is 3. The lowest BCUT2D eigenvalue weighted by Crippen LogP contribution is -2.39. The van der Waals surface area contributed by atoms with Gasteiger partial charge in [0.25, 0.3) is 0 Å². The highest BCUT2D eigenvalue weighted by Crippen LogP contribution is 2.32. The van der Waals surface area contributed by atoms with Gasteiger partial charge in [0.05, 0.1) is 26.7 Å². The molecule has 0 bridgehead atoms. The predicted molar refractivity (Wildman–Crippen MR) is 84.2 cm³/mol. The van der Waals surface area contributed by atoms with Gasteiger partial charge >= 0.3 is 5.97 Å². The molecule has 1 heterocycles. The first kappa shape index (κ1) is 16.6. The fourth-order valence-corrected chi connectivity index (χ4v) is 2.97. The van der Waals surface area contributed by atoms with Gasteiger partial charge in [-0.05, 0) is 32.4 Å². The number of rotatable bonds is 6. The zero-order valence-corrected chi connectivity index (χ0v) is 13.6. The van der Waals surface area contributed by atoms with Crippen LogP contribution in [0.4, 0.5) is 0 Å². The van der Waals surface area contributed by atoms with Gasteiger partial charge in [-0.15, -0.1) is 0 Å². The van der Waals surface area contributed by atoms with E-state index in [1.165, 1.54) is 0 Å². The van der Waals surface area contributed by atoms with Crippen LogP contribution in [-0.2, 0) is 16.1 Å². The third-order valence-corrected chi connectivity index (χ3v) is 4.00. The standard InChI is InChI=1S/C17H25NO4/c1-4-22-17(19)14-8-6-10-18(12-14)11-13-7-5-9-15(20-2)16(13)21-3/h5,7,9,14H,4,6,8,10-12H2,1-3H3. The second kappa shape index (κ2) is 8.03. The fraction of sp³-hybridized carbons (Fsp3) is 0.588. The number of carbonyl (C=O) groups is 1. The molecule has 5 heteroatoms. The molecule has 0 saturated carbocycles. The lowest BCUT2D eigenvalue weighted by atomic mass is 9.97. The molecular formula is C17H25NO4. The first-order valence-corrected chi connectivity index (χ1v) is 7.78. The third-order valence-electron chi connectivity index (χ3n) is 4.00. The first-order chi connectivity index (χ1) is 10.7. The van der Waals surface area contributed by atoms with Crippen molar-refractivity contribution in [3.05, 3.63) is 23.8 Å². The monoisotopic (exact) mass is 307 g/mol. The maximum absolute atomic E-state index is 11.9. The lowest BCUT2D eigenvalue weighted by molar-refractivity contribution is -0.150. The van der Waals surface area contributed by atoms with E-state index in [0.29, 0.717) is 6.61 Å². The van der Waals surface area contributed by atoms with Crippen LogP contribution >= 0.6 is 0 Å². The number of para-hydroxylation sites is 1. The highest BCUT2D eigenvalue weighted by atomic mass is 16.5. The zero-order chi connectivity index (χ0) is 15.9. The second-order valence-corrected chi connectivity index (χ2v) is 5.48. The summed E-state index contributed by atoms with van der Waals surface area (Å²) in [7, 11) is 3.29. The molecule has 2 rings (SSSR count). The molecule has 1 aliphatic rings. The van der Waals surface area contributed by atoms with Gasteiger partial charge in [0.15, 0.2) is 11.5 Å². The highest BCUT2D eigenvalue weighted by molar-refractivity contribution is 5.72. The molecule has 0 aliphatic carbocycles. The molecule has 5 nitrogen and oxygen atoms in total. The Labute approximate surface area is 132 Å². The van der Waals surface area contributed by atoms with Gasteiger partial charge in [0.1, 0.15) is 0 Å². The van der Waals surface area contributed by atoms with Crippen molar-refractivity contribution in [2.45, 2.75) is 26.3 Å². The normalized spacial score (nSPS) is 18.8. The van der Waals surface area contributed by atoms with E-state index in [9.17, 15) is 4.79 Å². The fourth-order valence-electron chi connectivity index (χ4n) is 2.97.